The van der Waals surface area contributed by atoms with Crippen LogP contribution in [0.4, 0.5) is 0 Å². The molecule has 0 aliphatic carbocycles. The molecule has 1 aromatic rings. The molecule has 0 saturated carbocycles. The summed E-state index contributed by atoms with van der Waals surface area (Å²) in [6.45, 7) is 4.72. The first-order chi connectivity index (χ1) is 9.62. The predicted molar refractivity (Wildman–Crippen MR) is 90.4 cm³/mol. The van der Waals surface area contributed by atoms with Crippen LogP contribution < -0.4 is 0 Å². The molecule has 0 bridgehead atoms. The molecule has 3 nitrogen and oxygen atoms in total. The van der Waals surface area contributed by atoms with Gasteiger partial charge in [-0.1, -0.05) is 56.4 Å². The number of hydrogen-bond donors (Lipinski definition) is 0. The first-order valence-electron chi connectivity index (χ1n) is 6.72. The van der Waals surface area contributed by atoms with Crippen molar-refractivity contribution in [3.8, 4) is 0 Å². The molecule has 0 atom stereocenters. The highest BCUT2D eigenvalue weighted by atomic mass is 32.2. The molecule has 0 heterocycles. The van der Waals surface area contributed by atoms with Gasteiger partial charge in [0.1, 0.15) is 0 Å². The molecule has 0 radical (unpaired) electrons. The summed E-state index contributed by atoms with van der Waals surface area (Å²) in [5.41, 5.74) is 1.14. The molecular weight excluding hydrogens is 311 g/mol. The standard InChI is InChI=1S/C14H21O3PS2/c1-3-10-16-18(15,17-11-4-2)14(19)20-12-13-8-6-5-7-9-13/h5-9H,3-4,10-12H2,1-2H3. The summed E-state index contributed by atoms with van der Waals surface area (Å²) < 4.78 is 23.8. The Kier molecular flexibility index (Phi) is 8.66. The van der Waals surface area contributed by atoms with Gasteiger partial charge in [-0.25, -0.2) is 0 Å². The SMILES string of the molecule is CCCOP(=O)(OCCC)C(=S)SCc1ccccc1. The molecule has 20 heavy (non-hydrogen) atoms. The van der Waals surface area contributed by atoms with E-state index in [1.165, 1.54) is 11.8 Å². The summed E-state index contributed by atoms with van der Waals surface area (Å²) in [6.07, 6.45) is 1.57. The molecule has 0 aliphatic rings. The maximum Gasteiger partial charge on any atom is 0.378 e. The summed E-state index contributed by atoms with van der Waals surface area (Å²) in [4.78, 5) is 0. The fraction of sp³-hybridized carbons (Fsp3) is 0.500. The van der Waals surface area contributed by atoms with Gasteiger partial charge in [0, 0.05) is 5.75 Å². The summed E-state index contributed by atoms with van der Waals surface area (Å²) in [6, 6.07) is 9.94. The van der Waals surface area contributed by atoms with E-state index in [0.29, 0.717) is 22.9 Å². The van der Waals surface area contributed by atoms with Crippen LogP contribution in [0.15, 0.2) is 30.3 Å². The van der Waals surface area contributed by atoms with E-state index in [4.69, 9.17) is 21.3 Å². The lowest BCUT2D eigenvalue weighted by atomic mass is 10.2. The number of hydrogen-bond acceptors (Lipinski definition) is 5. The third-order valence-electron chi connectivity index (χ3n) is 2.36. The second-order valence-electron chi connectivity index (χ2n) is 4.20. The van der Waals surface area contributed by atoms with Crippen LogP contribution in [0.2, 0.25) is 0 Å². The van der Waals surface area contributed by atoms with Crippen LogP contribution in [0.5, 0.6) is 0 Å². The van der Waals surface area contributed by atoms with Crippen LogP contribution in [-0.2, 0) is 19.4 Å². The highest BCUT2D eigenvalue weighted by Gasteiger charge is 2.30. The largest absolute Gasteiger partial charge is 0.378 e. The highest BCUT2D eigenvalue weighted by molar-refractivity contribution is 8.35. The van der Waals surface area contributed by atoms with Crippen LogP contribution in [0.3, 0.4) is 0 Å². The molecule has 0 fully saturated rings. The molecule has 0 spiro atoms. The monoisotopic (exact) mass is 332 g/mol. The minimum Gasteiger partial charge on any atom is -0.304 e. The lowest BCUT2D eigenvalue weighted by molar-refractivity contribution is 0.217. The Hall–Kier alpha value is -0.190. The molecular formula is C14H21O3PS2. The van der Waals surface area contributed by atoms with E-state index in [-0.39, 0.29) is 0 Å². The first kappa shape index (κ1) is 17.9. The molecule has 0 aliphatic heterocycles. The highest BCUT2D eigenvalue weighted by Crippen LogP contribution is 2.54. The van der Waals surface area contributed by atoms with Crippen molar-refractivity contribution in [2.24, 2.45) is 0 Å². The molecule has 1 aromatic carbocycles. The van der Waals surface area contributed by atoms with Crippen molar-refractivity contribution >= 4 is 35.5 Å². The van der Waals surface area contributed by atoms with Gasteiger partial charge in [-0.05, 0) is 18.4 Å². The van der Waals surface area contributed by atoms with Crippen LogP contribution in [-0.4, -0.2) is 17.2 Å². The Labute approximate surface area is 131 Å². The van der Waals surface area contributed by atoms with Crippen molar-refractivity contribution in [1.82, 2.24) is 0 Å². The summed E-state index contributed by atoms with van der Waals surface area (Å²) in [5.74, 6) is 0.675. The van der Waals surface area contributed by atoms with Gasteiger partial charge in [-0.3, -0.25) is 4.57 Å². The van der Waals surface area contributed by atoms with Crippen molar-refractivity contribution in [2.75, 3.05) is 13.2 Å². The van der Waals surface area contributed by atoms with Crippen LogP contribution in [0.25, 0.3) is 0 Å². The molecule has 112 valence electrons. The molecule has 0 saturated heterocycles. The molecule has 0 aromatic heterocycles. The van der Waals surface area contributed by atoms with E-state index in [2.05, 4.69) is 0 Å². The Morgan fingerprint density at radius 2 is 1.70 bits per heavy atom. The van der Waals surface area contributed by atoms with Crippen molar-refractivity contribution in [3.05, 3.63) is 35.9 Å². The van der Waals surface area contributed by atoms with Gasteiger partial charge in [0.05, 0.1) is 13.2 Å². The van der Waals surface area contributed by atoms with Crippen molar-refractivity contribution in [3.63, 3.8) is 0 Å². The van der Waals surface area contributed by atoms with Gasteiger partial charge in [-0.15, -0.1) is 11.8 Å². The van der Waals surface area contributed by atoms with Gasteiger partial charge in [-0.2, -0.15) is 0 Å². The van der Waals surface area contributed by atoms with Crippen molar-refractivity contribution in [2.45, 2.75) is 32.4 Å². The molecule has 0 amide bonds. The van der Waals surface area contributed by atoms with E-state index >= 15 is 0 Å². The van der Waals surface area contributed by atoms with Crippen LogP contribution in [0.1, 0.15) is 32.3 Å². The third-order valence-corrected chi connectivity index (χ3v) is 6.66. The minimum atomic E-state index is -3.29. The maximum atomic E-state index is 12.6. The smallest absolute Gasteiger partial charge is 0.304 e. The Bertz CT molecular complexity index is 439. The lowest BCUT2D eigenvalue weighted by Crippen LogP contribution is -2.04. The van der Waals surface area contributed by atoms with Crippen molar-refractivity contribution < 1.29 is 13.6 Å². The topological polar surface area (TPSA) is 35.5 Å². The van der Waals surface area contributed by atoms with Crippen molar-refractivity contribution in [1.29, 1.82) is 0 Å². The zero-order valence-electron chi connectivity index (χ0n) is 11.9. The average molecular weight is 332 g/mol. The number of rotatable bonds is 9. The quantitative estimate of drug-likeness (QED) is 0.456. The number of thioether (sulfide) groups is 1. The minimum absolute atomic E-state index is 0.322. The second kappa shape index (κ2) is 9.69. The fourth-order valence-electron chi connectivity index (χ4n) is 1.36. The summed E-state index contributed by atoms with van der Waals surface area (Å²) in [5, 5.41) is 0. The van der Waals surface area contributed by atoms with Gasteiger partial charge in [0.2, 0.25) is 0 Å². The Balaban J connectivity index is 2.60. The van der Waals surface area contributed by atoms with E-state index in [1.54, 1.807) is 0 Å². The van der Waals surface area contributed by atoms with E-state index in [1.807, 2.05) is 44.2 Å². The second-order valence-corrected chi connectivity index (χ2v) is 8.42. The zero-order valence-corrected chi connectivity index (χ0v) is 14.4. The maximum absolute atomic E-state index is 12.6. The van der Waals surface area contributed by atoms with Gasteiger partial charge in [0.25, 0.3) is 0 Å². The molecule has 0 unspecified atom stereocenters. The summed E-state index contributed by atoms with van der Waals surface area (Å²) >= 11 is 6.62. The van der Waals surface area contributed by atoms with E-state index in [0.717, 1.165) is 18.4 Å². The Morgan fingerprint density at radius 1 is 1.15 bits per heavy atom. The first-order valence-corrected chi connectivity index (χ1v) is 9.66. The zero-order chi connectivity index (χ0) is 14.8. The number of benzene rings is 1. The predicted octanol–water partition coefficient (Wildman–Crippen LogP) is 5.25. The van der Waals surface area contributed by atoms with Gasteiger partial charge >= 0.3 is 7.60 Å². The average Bonchev–Trinajstić information content (AvgIpc) is 2.49. The van der Waals surface area contributed by atoms with Crippen LogP contribution >= 0.6 is 31.6 Å². The lowest BCUT2D eigenvalue weighted by Gasteiger charge is -2.18. The normalized spacial score (nSPS) is 11.5. The van der Waals surface area contributed by atoms with Gasteiger partial charge < -0.3 is 9.05 Å². The third kappa shape index (κ3) is 6.06. The molecule has 1 rings (SSSR count). The molecule has 6 heteroatoms. The van der Waals surface area contributed by atoms with Crippen LogP contribution in [0, 0.1) is 0 Å². The Morgan fingerprint density at radius 3 is 2.20 bits per heavy atom. The fourth-order valence-corrected chi connectivity index (χ4v) is 4.61. The van der Waals surface area contributed by atoms with E-state index < -0.39 is 7.60 Å². The molecule has 0 N–H and O–H groups in total. The van der Waals surface area contributed by atoms with E-state index in [9.17, 15) is 4.57 Å². The summed E-state index contributed by atoms with van der Waals surface area (Å²) in [7, 11) is -3.29. The van der Waals surface area contributed by atoms with Gasteiger partial charge in [0.15, 0.2) is 3.94 Å². The number of thiocarbonyl (C=S) groups is 1.